The van der Waals surface area contributed by atoms with E-state index in [4.69, 9.17) is 46.3 Å². The average molecular weight is 901 g/mol. The number of thiophene rings is 1. The topological polar surface area (TPSA) is 143 Å². The van der Waals surface area contributed by atoms with E-state index >= 15 is 0 Å². The number of benzene rings is 4. The van der Waals surface area contributed by atoms with Crippen LogP contribution in [-0.4, -0.2) is 54.9 Å². The summed E-state index contributed by atoms with van der Waals surface area (Å²) in [7, 11) is -4.21. The zero-order valence-electron chi connectivity index (χ0n) is 30.0. The molecule has 6 aromatic rings. The predicted octanol–water partition coefficient (Wildman–Crippen LogP) is 9.55. The fourth-order valence-electron chi connectivity index (χ4n) is 6.21. The van der Waals surface area contributed by atoms with Gasteiger partial charge in [0, 0.05) is 17.5 Å². The quantitative estimate of drug-likeness (QED) is 0.146. The molecule has 0 saturated carbocycles. The summed E-state index contributed by atoms with van der Waals surface area (Å²) in [6.07, 6.45) is -1.33. The van der Waals surface area contributed by atoms with Crippen LogP contribution in [0.15, 0.2) is 87.8 Å². The van der Waals surface area contributed by atoms with Crippen LogP contribution in [-0.2, 0) is 32.1 Å². The first-order valence-corrected chi connectivity index (χ1v) is 20.9. The highest BCUT2D eigenvalue weighted by Gasteiger charge is 2.31. The number of carboxylic acids is 1. The second kappa shape index (κ2) is 16.6. The van der Waals surface area contributed by atoms with E-state index in [1.807, 2.05) is 37.3 Å². The molecule has 8 rings (SSSR count). The maximum Gasteiger partial charge on any atom is 0.345 e. The number of hydrogen-bond donors (Lipinski definition) is 1. The van der Waals surface area contributed by atoms with Gasteiger partial charge in [0.25, 0.3) is 10.1 Å². The number of ether oxygens (including phenoxy) is 4. The summed E-state index contributed by atoms with van der Waals surface area (Å²) in [4.78, 5) is 22.3. The highest BCUT2D eigenvalue weighted by atomic mass is 79.9. The molecule has 0 radical (unpaired) electrons. The lowest BCUT2D eigenvalue weighted by molar-refractivity contribution is -0.145. The number of aliphatic carboxylic acids is 1. The molecule has 2 aliphatic rings. The van der Waals surface area contributed by atoms with Crippen LogP contribution in [0.1, 0.15) is 27.8 Å². The van der Waals surface area contributed by atoms with E-state index < -0.39 is 34.9 Å². The third kappa shape index (κ3) is 8.31. The van der Waals surface area contributed by atoms with Gasteiger partial charge in [0.2, 0.25) is 12.0 Å². The van der Waals surface area contributed by atoms with Crippen molar-refractivity contribution in [1.82, 2.24) is 9.97 Å². The average Bonchev–Trinajstić information content (AvgIpc) is 3.52. The zero-order chi connectivity index (χ0) is 39.7. The lowest BCUT2D eigenvalue weighted by Gasteiger charge is -2.24. The lowest BCUT2D eigenvalue weighted by atomic mass is 9.95. The Morgan fingerprint density at radius 3 is 2.38 bits per heavy atom. The second-order valence-corrected chi connectivity index (χ2v) is 17.7. The van der Waals surface area contributed by atoms with E-state index in [0.717, 1.165) is 11.1 Å². The van der Waals surface area contributed by atoms with E-state index in [0.29, 0.717) is 53.3 Å². The Kier molecular flexibility index (Phi) is 11.8. The molecular weight excluding hydrogens is 867 g/mol. The molecule has 2 aliphatic heterocycles. The lowest BCUT2D eigenvalue weighted by Crippen LogP contribution is -2.32. The number of carbonyl (C=O) groups is 1. The van der Waals surface area contributed by atoms with Gasteiger partial charge >= 0.3 is 5.97 Å². The van der Waals surface area contributed by atoms with Gasteiger partial charge in [-0.3, -0.25) is 4.18 Å². The van der Waals surface area contributed by atoms with Crippen molar-refractivity contribution in [1.29, 1.82) is 0 Å². The number of rotatable bonds is 8. The van der Waals surface area contributed by atoms with Crippen molar-refractivity contribution in [3.63, 3.8) is 0 Å². The standard InChI is InChI=1S/C40H33BrCl2N2O9S2/c1-21-9-12-28(13-10-21)56(48,49)52-19-27-18-50-26-11-14-29(51-17-24-7-5-4-6-8-24)25(15-26)16-30(40(46)47)54-38-33-32(37(41)55-39(33)45-20-44-38)31-22(2)34(42)36(53-27)35(43)23(31)3/h4-15,20,27,30H,16-19H2,1-3H3,(H,46,47)/t27-,30+/m0/s1. The van der Waals surface area contributed by atoms with E-state index in [1.165, 1.54) is 29.8 Å². The van der Waals surface area contributed by atoms with Crippen LogP contribution in [0, 0.1) is 20.8 Å². The Morgan fingerprint density at radius 2 is 1.68 bits per heavy atom. The molecule has 0 aliphatic carbocycles. The molecule has 0 saturated heterocycles. The van der Waals surface area contributed by atoms with Crippen LogP contribution in [0.3, 0.4) is 0 Å². The Balaban J connectivity index is 1.35. The molecule has 0 unspecified atom stereocenters. The number of aryl methyl sites for hydroxylation is 1. The van der Waals surface area contributed by atoms with Gasteiger partial charge in [-0.2, -0.15) is 8.42 Å². The van der Waals surface area contributed by atoms with Crippen LogP contribution in [0.4, 0.5) is 0 Å². The first kappa shape index (κ1) is 39.8. The summed E-state index contributed by atoms with van der Waals surface area (Å²) < 4.78 is 57.8. The number of carboxylic acid groups (broad SMARTS) is 1. The maximum absolute atomic E-state index is 13.3. The van der Waals surface area contributed by atoms with E-state index in [1.54, 1.807) is 44.2 Å². The first-order chi connectivity index (χ1) is 26.8. The minimum Gasteiger partial charge on any atom is -0.490 e. The third-order valence-electron chi connectivity index (χ3n) is 9.11. The van der Waals surface area contributed by atoms with E-state index in [-0.39, 0.29) is 46.2 Å². The minimum atomic E-state index is -4.21. The second-order valence-electron chi connectivity index (χ2n) is 13.0. The van der Waals surface area contributed by atoms with Crippen molar-refractivity contribution in [3.8, 4) is 34.3 Å². The molecule has 0 spiro atoms. The van der Waals surface area contributed by atoms with Gasteiger partial charge in [0.1, 0.15) is 42.5 Å². The number of fused-ring (bicyclic) bond motifs is 7. The van der Waals surface area contributed by atoms with Gasteiger partial charge in [-0.05, 0) is 89.3 Å². The van der Waals surface area contributed by atoms with Crippen LogP contribution >= 0.6 is 50.5 Å². The van der Waals surface area contributed by atoms with Crippen molar-refractivity contribution in [2.75, 3.05) is 13.2 Å². The molecule has 4 aromatic carbocycles. The monoisotopic (exact) mass is 898 g/mol. The number of halogens is 3. The largest absolute Gasteiger partial charge is 0.490 e. The van der Waals surface area contributed by atoms with Gasteiger partial charge in [-0.15, -0.1) is 11.3 Å². The van der Waals surface area contributed by atoms with E-state index in [9.17, 15) is 18.3 Å². The molecule has 4 bridgehead atoms. The van der Waals surface area contributed by atoms with Gasteiger partial charge in [-0.25, -0.2) is 14.8 Å². The fourth-order valence-corrected chi connectivity index (χ4v) is 9.39. The van der Waals surface area contributed by atoms with Crippen LogP contribution in [0.2, 0.25) is 10.0 Å². The summed E-state index contributed by atoms with van der Waals surface area (Å²) in [6.45, 7) is 4.94. The predicted molar refractivity (Wildman–Crippen MR) is 217 cm³/mol. The molecule has 11 nitrogen and oxygen atoms in total. The molecule has 2 atom stereocenters. The number of nitrogens with zero attached hydrogens (tertiary/aromatic N) is 2. The van der Waals surface area contributed by atoms with E-state index in [2.05, 4.69) is 25.9 Å². The maximum atomic E-state index is 13.3. The Labute approximate surface area is 345 Å². The minimum absolute atomic E-state index is 0.0248. The molecule has 1 N–H and O–H groups in total. The summed E-state index contributed by atoms with van der Waals surface area (Å²) in [5, 5.41) is 11.3. The van der Waals surface area contributed by atoms with Gasteiger partial charge < -0.3 is 24.1 Å². The van der Waals surface area contributed by atoms with Gasteiger partial charge in [0.05, 0.1) is 24.1 Å². The Morgan fingerprint density at radius 1 is 0.964 bits per heavy atom. The molecule has 290 valence electrons. The van der Waals surface area contributed by atoms with Gasteiger partial charge in [0.15, 0.2) is 11.9 Å². The molecule has 0 amide bonds. The van der Waals surface area contributed by atoms with Crippen molar-refractivity contribution in [3.05, 3.63) is 121 Å². The van der Waals surface area contributed by atoms with Crippen LogP contribution in [0.5, 0.6) is 23.1 Å². The van der Waals surface area contributed by atoms with Crippen molar-refractivity contribution < 1.29 is 41.4 Å². The number of aromatic nitrogens is 2. The van der Waals surface area contributed by atoms with Crippen molar-refractivity contribution >= 4 is 76.8 Å². The van der Waals surface area contributed by atoms with Crippen LogP contribution in [0.25, 0.3) is 21.3 Å². The summed E-state index contributed by atoms with van der Waals surface area (Å²) in [5.74, 6) is -0.386. The highest BCUT2D eigenvalue weighted by Crippen LogP contribution is 2.52. The smallest absolute Gasteiger partial charge is 0.345 e. The van der Waals surface area contributed by atoms with Gasteiger partial charge in [-0.1, -0.05) is 71.2 Å². The fraction of sp³-hybridized carbons (Fsp3) is 0.225. The third-order valence-corrected chi connectivity index (χ3v) is 13.1. The molecule has 4 heterocycles. The normalized spacial score (nSPS) is 15.8. The first-order valence-electron chi connectivity index (χ1n) is 17.2. The summed E-state index contributed by atoms with van der Waals surface area (Å²) in [6, 6.07) is 20.8. The summed E-state index contributed by atoms with van der Waals surface area (Å²) in [5.41, 5.74) is 4.61. The highest BCUT2D eigenvalue weighted by molar-refractivity contribution is 9.11. The molecule has 16 heteroatoms. The molecule has 2 aromatic heterocycles. The zero-order valence-corrected chi connectivity index (χ0v) is 34.8. The Hall–Kier alpha value is -4.44. The molecular formula is C40H33BrCl2N2O9S2. The SMILES string of the molecule is Cc1ccc(S(=O)(=O)OC[C@@H]2COc3ccc(OCc4ccccc4)c(c3)C[C@H](C(=O)O)Oc3ncnc4sc(Br)c(c34)-c3c(C)c(Cl)c(c(Cl)c3C)O2)cc1. The van der Waals surface area contributed by atoms with Crippen LogP contribution < -0.4 is 18.9 Å². The van der Waals surface area contributed by atoms with Crippen molar-refractivity contribution in [2.45, 2.75) is 50.9 Å². The Bertz CT molecular complexity index is 2520. The molecule has 56 heavy (non-hydrogen) atoms. The van der Waals surface area contributed by atoms with Crippen molar-refractivity contribution in [2.24, 2.45) is 0 Å². The molecule has 0 fully saturated rings. The number of hydrogen-bond acceptors (Lipinski definition) is 11. The summed E-state index contributed by atoms with van der Waals surface area (Å²) >= 11 is 19.1.